The predicted octanol–water partition coefficient (Wildman–Crippen LogP) is 3.14. The smallest absolute Gasteiger partial charge is 0.194 e. The Balaban J connectivity index is 0.00000341. The van der Waals surface area contributed by atoms with Crippen LogP contribution in [0.2, 0.25) is 0 Å². The number of rotatable bonds is 8. The van der Waals surface area contributed by atoms with Gasteiger partial charge in [-0.3, -0.25) is 0 Å². The maximum absolute atomic E-state index is 5.48. The molecule has 0 bridgehead atoms. The van der Waals surface area contributed by atoms with E-state index in [4.69, 9.17) is 14.5 Å². The number of guanidine groups is 1. The molecule has 0 saturated carbocycles. The van der Waals surface area contributed by atoms with Crippen LogP contribution >= 0.6 is 24.0 Å². The van der Waals surface area contributed by atoms with Crippen LogP contribution in [-0.2, 0) is 24.9 Å². The van der Waals surface area contributed by atoms with Gasteiger partial charge in [-0.05, 0) is 49.8 Å². The summed E-state index contributed by atoms with van der Waals surface area (Å²) < 4.78 is 12.7. The lowest BCUT2D eigenvalue weighted by molar-refractivity contribution is 0.0625. The monoisotopic (exact) mass is 542 g/mol. The largest absolute Gasteiger partial charge is 0.497 e. The Kier molecular flexibility index (Phi) is 10.5. The highest BCUT2D eigenvalue weighted by Crippen LogP contribution is 2.18. The van der Waals surface area contributed by atoms with Crippen LogP contribution in [0.1, 0.15) is 36.5 Å². The SMILES string of the molecule is COc1ccc(CN=C(NCc2nnc(C)n2C)N(C)CCC2CCOCC2)cc1.I. The van der Waals surface area contributed by atoms with Crippen LogP contribution in [0.5, 0.6) is 5.75 Å². The van der Waals surface area contributed by atoms with Crippen LogP contribution in [0.15, 0.2) is 29.3 Å². The molecule has 0 radical (unpaired) electrons. The van der Waals surface area contributed by atoms with E-state index in [2.05, 4.69) is 27.5 Å². The van der Waals surface area contributed by atoms with Gasteiger partial charge in [0.15, 0.2) is 11.8 Å². The first-order chi connectivity index (χ1) is 14.6. The first-order valence-corrected chi connectivity index (χ1v) is 10.6. The summed E-state index contributed by atoms with van der Waals surface area (Å²) in [6.07, 6.45) is 3.45. The molecule has 1 aliphatic heterocycles. The summed E-state index contributed by atoms with van der Waals surface area (Å²) in [5.74, 6) is 4.25. The predicted molar refractivity (Wildman–Crippen MR) is 133 cm³/mol. The third kappa shape index (κ3) is 7.64. The fraction of sp³-hybridized carbons (Fsp3) is 0.591. The van der Waals surface area contributed by atoms with Crippen molar-refractivity contribution in [1.29, 1.82) is 0 Å². The third-order valence-corrected chi connectivity index (χ3v) is 5.73. The van der Waals surface area contributed by atoms with Crippen LogP contribution in [0.25, 0.3) is 0 Å². The van der Waals surface area contributed by atoms with E-state index in [9.17, 15) is 0 Å². The van der Waals surface area contributed by atoms with Crippen LogP contribution in [0, 0.1) is 12.8 Å². The molecule has 31 heavy (non-hydrogen) atoms. The molecule has 0 spiro atoms. The fourth-order valence-electron chi connectivity index (χ4n) is 3.49. The molecule has 0 aliphatic carbocycles. The number of halogens is 1. The zero-order valence-electron chi connectivity index (χ0n) is 19.0. The molecule has 1 N–H and O–H groups in total. The second-order valence-corrected chi connectivity index (χ2v) is 7.83. The minimum Gasteiger partial charge on any atom is -0.497 e. The van der Waals surface area contributed by atoms with E-state index in [1.807, 2.05) is 42.8 Å². The summed E-state index contributed by atoms with van der Waals surface area (Å²) in [4.78, 5) is 7.08. The number of hydrogen-bond acceptors (Lipinski definition) is 5. The van der Waals surface area contributed by atoms with Crippen molar-refractivity contribution >= 4 is 29.9 Å². The molecule has 2 aromatic rings. The molecule has 1 aliphatic rings. The number of aromatic nitrogens is 3. The Labute approximate surface area is 202 Å². The number of nitrogens with zero attached hydrogens (tertiary/aromatic N) is 5. The maximum atomic E-state index is 5.48. The molecule has 9 heteroatoms. The quantitative estimate of drug-likeness (QED) is 0.314. The highest BCUT2D eigenvalue weighted by atomic mass is 127. The van der Waals surface area contributed by atoms with Crippen molar-refractivity contribution in [3.8, 4) is 5.75 Å². The molecule has 1 aromatic carbocycles. The van der Waals surface area contributed by atoms with Gasteiger partial charge in [-0.1, -0.05) is 12.1 Å². The van der Waals surface area contributed by atoms with E-state index >= 15 is 0 Å². The second kappa shape index (κ2) is 12.8. The number of methoxy groups -OCH3 is 1. The van der Waals surface area contributed by atoms with Gasteiger partial charge in [0.05, 0.1) is 20.2 Å². The van der Waals surface area contributed by atoms with Crippen LogP contribution in [0.3, 0.4) is 0 Å². The number of aryl methyl sites for hydroxylation is 1. The van der Waals surface area contributed by atoms with Crippen LogP contribution in [-0.4, -0.2) is 59.5 Å². The van der Waals surface area contributed by atoms with Crippen molar-refractivity contribution < 1.29 is 9.47 Å². The number of ether oxygens (including phenoxy) is 2. The maximum Gasteiger partial charge on any atom is 0.194 e. The summed E-state index contributed by atoms with van der Waals surface area (Å²) >= 11 is 0. The minimum absolute atomic E-state index is 0. The van der Waals surface area contributed by atoms with Crippen molar-refractivity contribution in [2.24, 2.45) is 18.0 Å². The molecule has 1 saturated heterocycles. The first kappa shape index (κ1) is 25.4. The zero-order chi connectivity index (χ0) is 21.3. The normalized spacial score (nSPS) is 14.8. The van der Waals surface area contributed by atoms with E-state index in [0.717, 1.165) is 73.9 Å². The molecule has 8 nitrogen and oxygen atoms in total. The van der Waals surface area contributed by atoms with Crippen molar-refractivity contribution in [1.82, 2.24) is 25.0 Å². The van der Waals surface area contributed by atoms with Gasteiger partial charge < -0.3 is 24.3 Å². The molecule has 0 atom stereocenters. The van der Waals surface area contributed by atoms with Gasteiger partial charge in [-0.25, -0.2) is 4.99 Å². The molecule has 3 rings (SSSR count). The topological polar surface area (TPSA) is 76.8 Å². The minimum atomic E-state index is 0. The van der Waals surface area contributed by atoms with Gasteiger partial charge in [0.25, 0.3) is 0 Å². The highest BCUT2D eigenvalue weighted by molar-refractivity contribution is 14.0. The van der Waals surface area contributed by atoms with Crippen molar-refractivity contribution in [3.63, 3.8) is 0 Å². The first-order valence-electron chi connectivity index (χ1n) is 10.6. The Hall–Kier alpha value is -1.88. The molecular formula is C22H35IN6O2. The summed E-state index contributed by atoms with van der Waals surface area (Å²) in [6.45, 7) is 5.87. The van der Waals surface area contributed by atoms with Gasteiger partial charge in [0.2, 0.25) is 0 Å². The highest BCUT2D eigenvalue weighted by Gasteiger charge is 2.16. The van der Waals surface area contributed by atoms with Gasteiger partial charge in [-0.15, -0.1) is 34.2 Å². The third-order valence-electron chi connectivity index (χ3n) is 5.73. The van der Waals surface area contributed by atoms with Gasteiger partial charge in [0, 0.05) is 33.9 Å². The van der Waals surface area contributed by atoms with Gasteiger partial charge >= 0.3 is 0 Å². The molecule has 0 unspecified atom stereocenters. The lowest BCUT2D eigenvalue weighted by Crippen LogP contribution is -2.40. The van der Waals surface area contributed by atoms with E-state index in [1.54, 1.807) is 7.11 Å². The van der Waals surface area contributed by atoms with Gasteiger partial charge in [0.1, 0.15) is 11.6 Å². The molecule has 172 valence electrons. The van der Waals surface area contributed by atoms with Gasteiger partial charge in [-0.2, -0.15) is 0 Å². The molecule has 2 heterocycles. The van der Waals surface area contributed by atoms with E-state index < -0.39 is 0 Å². The Morgan fingerprint density at radius 1 is 1.26 bits per heavy atom. The Bertz CT molecular complexity index is 818. The average molecular weight is 542 g/mol. The number of hydrogen-bond donors (Lipinski definition) is 1. The summed E-state index contributed by atoms with van der Waals surface area (Å²) in [6, 6.07) is 8.03. The Morgan fingerprint density at radius 2 is 1.97 bits per heavy atom. The van der Waals surface area contributed by atoms with E-state index in [1.165, 1.54) is 0 Å². The lowest BCUT2D eigenvalue weighted by Gasteiger charge is -2.27. The Morgan fingerprint density at radius 3 is 2.58 bits per heavy atom. The van der Waals surface area contributed by atoms with Crippen LogP contribution < -0.4 is 10.1 Å². The summed E-state index contributed by atoms with van der Waals surface area (Å²) in [5, 5.41) is 11.9. The van der Waals surface area contributed by atoms with Crippen molar-refractivity contribution in [2.45, 2.75) is 39.3 Å². The van der Waals surface area contributed by atoms with E-state index in [-0.39, 0.29) is 24.0 Å². The second-order valence-electron chi connectivity index (χ2n) is 7.83. The van der Waals surface area contributed by atoms with E-state index in [0.29, 0.717) is 13.1 Å². The zero-order valence-corrected chi connectivity index (χ0v) is 21.3. The lowest BCUT2D eigenvalue weighted by atomic mass is 9.96. The van der Waals surface area contributed by atoms with Crippen LogP contribution in [0.4, 0.5) is 0 Å². The number of benzene rings is 1. The average Bonchev–Trinajstić information content (AvgIpc) is 3.11. The molecule has 0 amide bonds. The molecular weight excluding hydrogens is 507 g/mol. The van der Waals surface area contributed by atoms with Crippen molar-refractivity contribution in [3.05, 3.63) is 41.5 Å². The standard InChI is InChI=1S/C22H34N6O2.HI/c1-17-25-26-21(28(17)3)16-24-22(23-15-19-5-7-20(29-4)8-6-19)27(2)12-9-18-10-13-30-14-11-18;/h5-8,18H,9-16H2,1-4H3,(H,23,24);1H. The van der Waals surface area contributed by atoms with Crippen molar-refractivity contribution in [2.75, 3.05) is 33.9 Å². The summed E-state index contributed by atoms with van der Waals surface area (Å²) in [7, 11) is 5.76. The fourth-order valence-corrected chi connectivity index (χ4v) is 3.49. The summed E-state index contributed by atoms with van der Waals surface area (Å²) in [5.41, 5.74) is 1.14. The molecule has 1 fully saturated rings. The number of aliphatic imine (C=N–C) groups is 1. The number of nitrogens with one attached hydrogen (secondary N) is 1. The molecule has 1 aromatic heterocycles.